The van der Waals surface area contributed by atoms with Gasteiger partial charge in [0.1, 0.15) is 18.5 Å². The molecule has 0 aliphatic carbocycles. The Morgan fingerprint density at radius 2 is 2.00 bits per heavy atom. The van der Waals surface area contributed by atoms with Crippen LogP contribution in [0.15, 0.2) is 30.3 Å². The minimum atomic E-state index is -0.710. The molecular weight excluding hydrogens is 310 g/mol. The zero-order valence-corrected chi connectivity index (χ0v) is 13.1. The largest absolute Gasteiger partial charge is 0.491 e. The van der Waals surface area contributed by atoms with E-state index >= 15 is 0 Å². The maximum absolute atomic E-state index is 10.5. The van der Waals surface area contributed by atoms with Gasteiger partial charge < -0.3 is 9.84 Å². The molecule has 0 aliphatic rings. The summed E-state index contributed by atoms with van der Waals surface area (Å²) in [5.41, 5.74) is 1.88. The number of nitro groups is 1. The quantitative estimate of drug-likeness (QED) is 0.649. The molecule has 8 heteroatoms. The molecule has 22 heavy (non-hydrogen) atoms. The van der Waals surface area contributed by atoms with Crippen LogP contribution in [0.2, 0.25) is 0 Å². The van der Waals surface area contributed by atoms with Crippen molar-refractivity contribution >= 4 is 18.1 Å². The van der Waals surface area contributed by atoms with E-state index in [0.29, 0.717) is 12.3 Å². The second-order valence-corrected chi connectivity index (χ2v) is 4.83. The highest BCUT2D eigenvalue weighted by Crippen LogP contribution is 2.17. The molecule has 2 aromatic rings. The Morgan fingerprint density at radius 3 is 2.50 bits per heavy atom. The fourth-order valence-electron chi connectivity index (χ4n) is 1.97. The molecule has 120 valence electrons. The molecule has 7 nitrogen and oxygen atoms in total. The first-order valence-electron chi connectivity index (χ1n) is 6.52. The minimum Gasteiger partial charge on any atom is -0.491 e. The monoisotopic (exact) mass is 327 g/mol. The number of rotatable bonds is 6. The second kappa shape index (κ2) is 7.77. The number of aliphatic hydroxyl groups excluding tert-OH is 1. The molecule has 1 aromatic heterocycles. The van der Waals surface area contributed by atoms with Gasteiger partial charge in [-0.1, -0.05) is 0 Å². The van der Waals surface area contributed by atoms with E-state index < -0.39 is 11.0 Å². The molecule has 1 atom stereocenters. The van der Waals surface area contributed by atoms with E-state index in [-0.39, 0.29) is 24.7 Å². The van der Waals surface area contributed by atoms with E-state index in [0.717, 1.165) is 11.4 Å². The molecule has 1 unspecified atom stereocenters. The van der Waals surface area contributed by atoms with Crippen molar-refractivity contribution in [3.63, 3.8) is 0 Å². The van der Waals surface area contributed by atoms with Crippen LogP contribution in [0.1, 0.15) is 11.4 Å². The van der Waals surface area contributed by atoms with E-state index in [4.69, 9.17) is 4.74 Å². The lowest BCUT2D eigenvalue weighted by Crippen LogP contribution is -2.24. The minimum absolute atomic E-state index is 0. The Hall–Kier alpha value is -2.12. The summed E-state index contributed by atoms with van der Waals surface area (Å²) in [6.07, 6.45) is -0.710. The van der Waals surface area contributed by atoms with Crippen molar-refractivity contribution in [2.24, 2.45) is 0 Å². The first kappa shape index (κ1) is 17.9. The lowest BCUT2D eigenvalue weighted by Gasteiger charge is -2.13. The number of aryl methyl sites for hydroxylation is 2. The van der Waals surface area contributed by atoms with E-state index in [9.17, 15) is 15.2 Å². The van der Waals surface area contributed by atoms with Gasteiger partial charge in [-0.15, -0.1) is 12.4 Å². The molecule has 0 fully saturated rings. The van der Waals surface area contributed by atoms with Gasteiger partial charge in [0.15, 0.2) is 0 Å². The highest BCUT2D eigenvalue weighted by atomic mass is 35.5. The van der Waals surface area contributed by atoms with Gasteiger partial charge in [-0.2, -0.15) is 5.10 Å². The summed E-state index contributed by atoms with van der Waals surface area (Å²) in [6.45, 7) is 4.25. The lowest BCUT2D eigenvalue weighted by molar-refractivity contribution is -0.384. The predicted octanol–water partition coefficient (Wildman–Crippen LogP) is 2.27. The van der Waals surface area contributed by atoms with Gasteiger partial charge in [-0.25, -0.2) is 0 Å². The third kappa shape index (κ3) is 4.71. The van der Waals surface area contributed by atoms with Gasteiger partial charge in [0.2, 0.25) is 0 Å². The number of aliphatic hydroxyl groups is 1. The molecule has 2 rings (SSSR count). The fraction of sp³-hybridized carbons (Fsp3) is 0.357. The molecule has 0 saturated carbocycles. The summed E-state index contributed by atoms with van der Waals surface area (Å²) < 4.78 is 7.13. The van der Waals surface area contributed by atoms with Crippen LogP contribution >= 0.6 is 12.4 Å². The molecule has 0 spiro atoms. The van der Waals surface area contributed by atoms with Crippen LogP contribution in [0.25, 0.3) is 0 Å². The Labute approximate surface area is 134 Å². The van der Waals surface area contributed by atoms with Gasteiger partial charge in [0, 0.05) is 17.8 Å². The van der Waals surface area contributed by atoms with E-state index in [1.54, 1.807) is 4.68 Å². The molecule has 1 aromatic carbocycles. The predicted molar refractivity (Wildman–Crippen MR) is 83.5 cm³/mol. The molecule has 1 heterocycles. The number of hydrogen-bond acceptors (Lipinski definition) is 5. The van der Waals surface area contributed by atoms with Crippen molar-refractivity contribution in [1.29, 1.82) is 0 Å². The standard InChI is InChI=1S/C14H17N3O4.ClH/c1-10-7-11(2)16(15-10)8-13(18)9-21-14-5-3-12(4-6-14)17(19)20;/h3-7,13,18H,8-9H2,1-2H3;1H. The molecule has 0 saturated heterocycles. The summed E-state index contributed by atoms with van der Waals surface area (Å²) in [6, 6.07) is 7.68. The highest BCUT2D eigenvalue weighted by molar-refractivity contribution is 5.85. The summed E-state index contributed by atoms with van der Waals surface area (Å²) in [5, 5.41) is 24.7. The molecule has 0 aliphatic heterocycles. The Bertz CT molecular complexity index is 628. The Balaban J connectivity index is 0.00000242. The van der Waals surface area contributed by atoms with Crippen molar-refractivity contribution in [2.45, 2.75) is 26.5 Å². The zero-order valence-electron chi connectivity index (χ0n) is 12.3. The first-order chi connectivity index (χ1) is 9.95. The molecule has 0 bridgehead atoms. The van der Waals surface area contributed by atoms with Crippen LogP contribution in [0.5, 0.6) is 5.75 Å². The number of hydrogen-bond donors (Lipinski definition) is 1. The van der Waals surface area contributed by atoms with Crippen LogP contribution in [-0.4, -0.2) is 32.5 Å². The number of benzene rings is 1. The topological polar surface area (TPSA) is 90.4 Å². The van der Waals surface area contributed by atoms with Crippen molar-refractivity contribution in [3.05, 3.63) is 51.8 Å². The first-order valence-corrected chi connectivity index (χ1v) is 6.52. The van der Waals surface area contributed by atoms with Crippen molar-refractivity contribution in [2.75, 3.05) is 6.61 Å². The van der Waals surface area contributed by atoms with Crippen molar-refractivity contribution in [3.8, 4) is 5.75 Å². The number of aromatic nitrogens is 2. The van der Waals surface area contributed by atoms with Gasteiger partial charge in [0.05, 0.1) is 17.2 Å². The third-order valence-corrected chi connectivity index (χ3v) is 2.98. The van der Waals surface area contributed by atoms with Gasteiger partial charge in [0.25, 0.3) is 5.69 Å². The average molecular weight is 328 g/mol. The van der Waals surface area contributed by atoms with E-state index in [1.165, 1.54) is 24.3 Å². The van der Waals surface area contributed by atoms with E-state index in [1.807, 2.05) is 19.9 Å². The Morgan fingerprint density at radius 1 is 1.36 bits per heavy atom. The number of halogens is 1. The lowest BCUT2D eigenvalue weighted by atomic mass is 10.3. The third-order valence-electron chi connectivity index (χ3n) is 2.98. The number of non-ortho nitro benzene ring substituents is 1. The second-order valence-electron chi connectivity index (χ2n) is 4.83. The number of ether oxygens (including phenoxy) is 1. The highest BCUT2D eigenvalue weighted by Gasteiger charge is 2.10. The van der Waals surface area contributed by atoms with Crippen LogP contribution < -0.4 is 4.74 Å². The fourth-order valence-corrected chi connectivity index (χ4v) is 1.97. The molecule has 0 radical (unpaired) electrons. The summed E-state index contributed by atoms with van der Waals surface area (Å²) in [4.78, 5) is 10.1. The summed E-state index contributed by atoms with van der Waals surface area (Å²) in [5.74, 6) is 0.480. The van der Waals surface area contributed by atoms with Crippen LogP contribution in [0.4, 0.5) is 5.69 Å². The van der Waals surface area contributed by atoms with Gasteiger partial charge >= 0.3 is 0 Å². The van der Waals surface area contributed by atoms with Crippen molar-refractivity contribution in [1.82, 2.24) is 9.78 Å². The van der Waals surface area contributed by atoms with Gasteiger partial charge in [-0.3, -0.25) is 14.8 Å². The van der Waals surface area contributed by atoms with Crippen molar-refractivity contribution < 1.29 is 14.8 Å². The zero-order chi connectivity index (χ0) is 15.4. The SMILES string of the molecule is Cc1cc(C)n(CC(O)COc2ccc([N+](=O)[O-])cc2)n1.Cl. The maximum Gasteiger partial charge on any atom is 0.269 e. The number of nitro benzene ring substituents is 1. The van der Waals surface area contributed by atoms with Gasteiger partial charge in [-0.05, 0) is 32.0 Å². The van der Waals surface area contributed by atoms with E-state index in [2.05, 4.69) is 5.10 Å². The summed E-state index contributed by atoms with van der Waals surface area (Å²) in [7, 11) is 0. The smallest absolute Gasteiger partial charge is 0.269 e. The molecular formula is C14H18ClN3O4. The molecule has 0 amide bonds. The number of nitrogens with zero attached hydrogens (tertiary/aromatic N) is 3. The normalized spacial score (nSPS) is 11.6. The summed E-state index contributed by atoms with van der Waals surface area (Å²) >= 11 is 0. The van der Waals surface area contributed by atoms with Crippen LogP contribution in [0.3, 0.4) is 0 Å². The van der Waals surface area contributed by atoms with Crippen LogP contribution in [-0.2, 0) is 6.54 Å². The maximum atomic E-state index is 10.5. The average Bonchev–Trinajstić information content (AvgIpc) is 2.75. The molecule has 1 N–H and O–H groups in total. The Kier molecular flexibility index (Phi) is 6.33. The van der Waals surface area contributed by atoms with Crippen LogP contribution in [0, 0.1) is 24.0 Å².